The first-order chi connectivity index (χ1) is 14.2. The Labute approximate surface area is 199 Å². The van der Waals surface area contributed by atoms with Crippen LogP contribution in [0.1, 0.15) is 45.2 Å². The van der Waals surface area contributed by atoms with Crippen LogP contribution in [0.4, 0.5) is 0 Å². The van der Waals surface area contributed by atoms with E-state index in [0.717, 1.165) is 45.4 Å². The first-order valence-corrected chi connectivity index (χ1v) is 11.3. The molecule has 0 saturated carbocycles. The molecule has 2 aliphatic heterocycles. The zero-order valence-corrected chi connectivity index (χ0v) is 21.2. The minimum absolute atomic E-state index is 0. The lowest BCUT2D eigenvalue weighted by Crippen LogP contribution is -2.50. The third-order valence-corrected chi connectivity index (χ3v) is 6.07. The minimum Gasteiger partial charge on any atom is -0.379 e. The number of halogens is 1. The molecule has 2 saturated heterocycles. The summed E-state index contributed by atoms with van der Waals surface area (Å²) in [4.78, 5) is 10.0. The van der Waals surface area contributed by atoms with E-state index in [1.165, 1.54) is 31.5 Å². The van der Waals surface area contributed by atoms with Gasteiger partial charge in [0.05, 0.1) is 25.8 Å². The Morgan fingerprint density at radius 2 is 1.90 bits per heavy atom. The maximum absolute atomic E-state index is 5.58. The van der Waals surface area contributed by atoms with Crippen molar-refractivity contribution in [2.45, 2.75) is 51.7 Å². The number of guanidine groups is 1. The van der Waals surface area contributed by atoms with Crippen molar-refractivity contribution in [3.05, 3.63) is 35.9 Å². The van der Waals surface area contributed by atoms with Crippen LogP contribution in [0.5, 0.6) is 0 Å². The first-order valence-electron chi connectivity index (χ1n) is 11.3. The van der Waals surface area contributed by atoms with Gasteiger partial charge in [-0.2, -0.15) is 0 Å². The quantitative estimate of drug-likeness (QED) is 0.308. The molecule has 2 aliphatic rings. The average Bonchev–Trinajstić information content (AvgIpc) is 3.27. The third kappa shape index (κ3) is 7.35. The number of hydrogen-bond acceptors (Lipinski definition) is 4. The van der Waals surface area contributed by atoms with E-state index in [4.69, 9.17) is 9.73 Å². The fourth-order valence-corrected chi connectivity index (χ4v) is 4.44. The molecule has 7 heteroatoms. The summed E-state index contributed by atoms with van der Waals surface area (Å²) in [7, 11) is 0. The van der Waals surface area contributed by atoms with Crippen LogP contribution in [0.3, 0.4) is 0 Å². The van der Waals surface area contributed by atoms with E-state index in [2.05, 4.69) is 71.5 Å². The van der Waals surface area contributed by atoms with Gasteiger partial charge in [-0.05, 0) is 52.3 Å². The Morgan fingerprint density at radius 1 is 1.17 bits per heavy atom. The molecule has 170 valence electrons. The van der Waals surface area contributed by atoms with Gasteiger partial charge in [-0.15, -0.1) is 24.0 Å². The largest absolute Gasteiger partial charge is 0.379 e. The number of ether oxygens (including phenoxy) is 1. The third-order valence-electron chi connectivity index (χ3n) is 6.07. The van der Waals surface area contributed by atoms with Gasteiger partial charge < -0.3 is 15.4 Å². The second kappa shape index (κ2) is 13.5. The van der Waals surface area contributed by atoms with Crippen LogP contribution >= 0.6 is 24.0 Å². The highest BCUT2D eigenvalue weighted by Gasteiger charge is 2.25. The normalized spacial score (nSPS) is 22.9. The number of aliphatic imine (C=N–C) groups is 1. The average molecular weight is 530 g/mol. The Bertz CT molecular complexity index is 623. The zero-order chi connectivity index (χ0) is 20.5. The fraction of sp³-hybridized carbons (Fsp3) is 0.696. The van der Waals surface area contributed by atoms with Crippen LogP contribution in [0.25, 0.3) is 0 Å². The SMILES string of the molecule is CCNC(=NCC(C)N1CCOCC1C)NCC(c1ccccc1)N1CCCC1.I. The van der Waals surface area contributed by atoms with Gasteiger partial charge in [0.15, 0.2) is 5.96 Å². The smallest absolute Gasteiger partial charge is 0.191 e. The lowest BCUT2D eigenvalue weighted by Gasteiger charge is -2.37. The Kier molecular flexibility index (Phi) is 11.4. The van der Waals surface area contributed by atoms with Crippen molar-refractivity contribution >= 4 is 29.9 Å². The molecule has 2 fully saturated rings. The lowest BCUT2D eigenvalue weighted by atomic mass is 10.1. The summed E-state index contributed by atoms with van der Waals surface area (Å²) in [6, 6.07) is 12.1. The van der Waals surface area contributed by atoms with Crippen LogP contribution in [-0.4, -0.2) is 80.3 Å². The van der Waals surface area contributed by atoms with Crippen LogP contribution in [0.15, 0.2) is 35.3 Å². The Hall–Kier alpha value is -0.900. The number of morpholine rings is 1. The van der Waals surface area contributed by atoms with Crippen molar-refractivity contribution in [1.29, 1.82) is 0 Å². The summed E-state index contributed by atoms with van der Waals surface area (Å²) < 4.78 is 5.58. The van der Waals surface area contributed by atoms with E-state index in [1.807, 2.05) is 0 Å². The predicted octanol–water partition coefficient (Wildman–Crippen LogP) is 3.11. The predicted molar refractivity (Wildman–Crippen MR) is 136 cm³/mol. The van der Waals surface area contributed by atoms with E-state index in [0.29, 0.717) is 18.1 Å². The summed E-state index contributed by atoms with van der Waals surface area (Å²) in [5.74, 6) is 0.917. The van der Waals surface area contributed by atoms with Crippen molar-refractivity contribution in [3.63, 3.8) is 0 Å². The second-order valence-electron chi connectivity index (χ2n) is 8.28. The maximum Gasteiger partial charge on any atom is 0.191 e. The van der Waals surface area contributed by atoms with Gasteiger partial charge in [-0.3, -0.25) is 14.8 Å². The lowest BCUT2D eigenvalue weighted by molar-refractivity contribution is -0.0165. The van der Waals surface area contributed by atoms with Crippen molar-refractivity contribution in [3.8, 4) is 0 Å². The number of nitrogens with one attached hydrogen (secondary N) is 2. The van der Waals surface area contributed by atoms with Crippen molar-refractivity contribution < 1.29 is 4.74 Å². The van der Waals surface area contributed by atoms with Gasteiger partial charge in [0.1, 0.15) is 0 Å². The van der Waals surface area contributed by atoms with Crippen LogP contribution in [0, 0.1) is 0 Å². The molecular formula is C23H40IN5O. The number of rotatable bonds is 8. The molecule has 0 aliphatic carbocycles. The molecule has 1 aromatic carbocycles. The second-order valence-corrected chi connectivity index (χ2v) is 8.28. The summed E-state index contributed by atoms with van der Waals surface area (Å²) in [6.45, 7) is 14.2. The van der Waals surface area contributed by atoms with Gasteiger partial charge in [0.25, 0.3) is 0 Å². The topological polar surface area (TPSA) is 52.1 Å². The molecule has 6 nitrogen and oxygen atoms in total. The molecular weight excluding hydrogens is 489 g/mol. The number of hydrogen-bond donors (Lipinski definition) is 2. The minimum atomic E-state index is 0. The summed E-state index contributed by atoms with van der Waals surface area (Å²) >= 11 is 0. The highest BCUT2D eigenvalue weighted by Crippen LogP contribution is 2.24. The first kappa shape index (κ1) is 25.4. The Balaban J connectivity index is 0.00000320. The fourth-order valence-electron chi connectivity index (χ4n) is 4.44. The highest BCUT2D eigenvalue weighted by atomic mass is 127. The molecule has 0 spiro atoms. The summed E-state index contributed by atoms with van der Waals surface area (Å²) in [5.41, 5.74) is 1.38. The molecule has 2 heterocycles. The van der Waals surface area contributed by atoms with E-state index >= 15 is 0 Å². The molecule has 0 amide bonds. The number of likely N-dealkylation sites (tertiary alicyclic amines) is 1. The van der Waals surface area contributed by atoms with Gasteiger partial charge in [-0.25, -0.2) is 0 Å². The van der Waals surface area contributed by atoms with Gasteiger partial charge in [-0.1, -0.05) is 30.3 Å². The maximum atomic E-state index is 5.58. The van der Waals surface area contributed by atoms with Crippen molar-refractivity contribution in [2.75, 3.05) is 52.5 Å². The zero-order valence-electron chi connectivity index (χ0n) is 18.8. The molecule has 1 aromatic rings. The van der Waals surface area contributed by atoms with Gasteiger partial charge in [0, 0.05) is 31.7 Å². The molecule has 0 radical (unpaired) electrons. The van der Waals surface area contributed by atoms with Gasteiger partial charge in [0.2, 0.25) is 0 Å². The number of nitrogens with zero attached hydrogens (tertiary/aromatic N) is 3. The molecule has 0 aromatic heterocycles. The van der Waals surface area contributed by atoms with E-state index in [1.54, 1.807) is 0 Å². The van der Waals surface area contributed by atoms with E-state index in [-0.39, 0.29) is 24.0 Å². The highest BCUT2D eigenvalue weighted by molar-refractivity contribution is 14.0. The molecule has 3 atom stereocenters. The van der Waals surface area contributed by atoms with Crippen LogP contribution < -0.4 is 10.6 Å². The Morgan fingerprint density at radius 3 is 2.57 bits per heavy atom. The molecule has 3 unspecified atom stereocenters. The van der Waals surface area contributed by atoms with E-state index < -0.39 is 0 Å². The number of benzene rings is 1. The molecule has 3 rings (SSSR count). The molecule has 0 bridgehead atoms. The van der Waals surface area contributed by atoms with Crippen LogP contribution in [0.2, 0.25) is 0 Å². The summed E-state index contributed by atoms with van der Waals surface area (Å²) in [5, 5.41) is 7.05. The summed E-state index contributed by atoms with van der Waals surface area (Å²) in [6.07, 6.45) is 2.60. The monoisotopic (exact) mass is 529 g/mol. The van der Waals surface area contributed by atoms with Crippen LogP contribution in [-0.2, 0) is 4.74 Å². The van der Waals surface area contributed by atoms with Crippen molar-refractivity contribution in [1.82, 2.24) is 20.4 Å². The van der Waals surface area contributed by atoms with Crippen molar-refractivity contribution in [2.24, 2.45) is 4.99 Å². The standard InChI is InChI=1S/C23H39N5O.HI/c1-4-24-23(25-16-19(2)28-14-15-29-18-20(28)3)26-17-22(27-12-8-9-13-27)21-10-6-5-7-11-21;/h5-7,10-11,19-20,22H,4,8-9,12-18H2,1-3H3,(H2,24,25,26);1H. The van der Waals surface area contributed by atoms with E-state index in [9.17, 15) is 0 Å². The molecule has 30 heavy (non-hydrogen) atoms. The molecule has 2 N–H and O–H groups in total. The van der Waals surface area contributed by atoms with Gasteiger partial charge >= 0.3 is 0 Å².